The van der Waals surface area contributed by atoms with Crippen molar-refractivity contribution in [2.24, 2.45) is 0 Å². The maximum atomic E-state index is 12.7. The standard InChI is InChI=1S/C22H21BrF2N2O4/c1-2-17(15-6-3-4-7-18(15)31-22(24)25)26-19(28)8-5-11-27-20(29)14-10-9-13(23)12-16(14)21(27)30/h3-4,6-7,9-10,12,17,22H,2,5,8,11H2,1H3,(H,26,28). The molecule has 164 valence electrons. The molecule has 0 saturated heterocycles. The quantitative estimate of drug-likeness (QED) is 0.512. The topological polar surface area (TPSA) is 75.7 Å². The van der Waals surface area contributed by atoms with E-state index in [1.165, 1.54) is 6.07 Å². The zero-order chi connectivity index (χ0) is 22.5. The van der Waals surface area contributed by atoms with Crippen LogP contribution in [0.15, 0.2) is 46.9 Å². The number of benzene rings is 2. The number of rotatable bonds is 9. The average molecular weight is 495 g/mol. The van der Waals surface area contributed by atoms with Gasteiger partial charge in [-0.3, -0.25) is 19.3 Å². The molecule has 31 heavy (non-hydrogen) atoms. The van der Waals surface area contributed by atoms with E-state index in [-0.39, 0.29) is 42.9 Å². The first-order chi connectivity index (χ1) is 14.8. The lowest BCUT2D eigenvalue weighted by Crippen LogP contribution is -2.33. The first-order valence-corrected chi connectivity index (χ1v) is 10.6. The summed E-state index contributed by atoms with van der Waals surface area (Å²) in [5.74, 6) is -1.05. The first-order valence-electron chi connectivity index (χ1n) is 9.80. The van der Waals surface area contributed by atoms with Crippen molar-refractivity contribution in [1.82, 2.24) is 10.2 Å². The van der Waals surface area contributed by atoms with Crippen molar-refractivity contribution in [2.75, 3.05) is 6.54 Å². The Morgan fingerprint density at radius 3 is 2.55 bits per heavy atom. The number of fused-ring (bicyclic) bond motifs is 1. The van der Waals surface area contributed by atoms with Crippen LogP contribution in [0.4, 0.5) is 8.78 Å². The largest absolute Gasteiger partial charge is 0.434 e. The Labute approximate surface area is 186 Å². The summed E-state index contributed by atoms with van der Waals surface area (Å²) < 4.78 is 30.6. The first kappa shape index (κ1) is 22.9. The number of carbonyl (C=O) groups excluding carboxylic acids is 3. The van der Waals surface area contributed by atoms with Crippen LogP contribution in [0, 0.1) is 0 Å². The fraction of sp³-hybridized carbons (Fsp3) is 0.318. The minimum absolute atomic E-state index is 0.0156. The molecule has 1 unspecified atom stereocenters. The van der Waals surface area contributed by atoms with Gasteiger partial charge in [0.05, 0.1) is 17.2 Å². The summed E-state index contributed by atoms with van der Waals surface area (Å²) in [6.07, 6.45) is 0.832. The second-order valence-corrected chi connectivity index (χ2v) is 7.92. The van der Waals surface area contributed by atoms with Crippen LogP contribution >= 0.6 is 15.9 Å². The van der Waals surface area contributed by atoms with Gasteiger partial charge in [-0.2, -0.15) is 8.78 Å². The van der Waals surface area contributed by atoms with E-state index in [0.29, 0.717) is 27.6 Å². The monoisotopic (exact) mass is 494 g/mol. The summed E-state index contributed by atoms with van der Waals surface area (Å²) in [6.45, 7) is -1.03. The molecule has 0 aromatic heterocycles. The van der Waals surface area contributed by atoms with Gasteiger partial charge in [0.25, 0.3) is 11.8 Å². The molecule has 6 nitrogen and oxygen atoms in total. The van der Waals surface area contributed by atoms with Crippen molar-refractivity contribution >= 4 is 33.7 Å². The third-order valence-electron chi connectivity index (χ3n) is 4.97. The molecule has 3 amide bonds. The third kappa shape index (κ3) is 5.28. The molecule has 2 aromatic rings. The molecule has 1 heterocycles. The number of para-hydroxylation sites is 1. The average Bonchev–Trinajstić information content (AvgIpc) is 2.96. The Morgan fingerprint density at radius 1 is 1.13 bits per heavy atom. The summed E-state index contributed by atoms with van der Waals surface area (Å²) in [5.41, 5.74) is 1.15. The number of alkyl halides is 2. The highest BCUT2D eigenvalue weighted by Crippen LogP contribution is 2.29. The third-order valence-corrected chi connectivity index (χ3v) is 5.47. The molecule has 1 aliphatic rings. The van der Waals surface area contributed by atoms with Crippen LogP contribution < -0.4 is 10.1 Å². The van der Waals surface area contributed by atoms with Crippen LogP contribution in [-0.4, -0.2) is 35.8 Å². The second kappa shape index (κ2) is 10.00. The van der Waals surface area contributed by atoms with E-state index in [1.807, 2.05) is 6.92 Å². The molecule has 0 spiro atoms. The van der Waals surface area contributed by atoms with Gasteiger partial charge in [0, 0.05) is 23.0 Å². The molecule has 0 aliphatic carbocycles. The summed E-state index contributed by atoms with van der Waals surface area (Å²) in [4.78, 5) is 38.5. The highest BCUT2D eigenvalue weighted by atomic mass is 79.9. The molecule has 1 aliphatic heterocycles. The van der Waals surface area contributed by atoms with Gasteiger partial charge in [-0.25, -0.2) is 0 Å². The van der Waals surface area contributed by atoms with E-state index in [4.69, 9.17) is 0 Å². The van der Waals surface area contributed by atoms with Gasteiger partial charge in [-0.05, 0) is 37.1 Å². The number of halogens is 3. The highest BCUT2D eigenvalue weighted by Gasteiger charge is 2.35. The molecular formula is C22H21BrF2N2O4. The molecule has 0 fully saturated rings. The fourth-order valence-electron chi connectivity index (χ4n) is 3.50. The number of imide groups is 1. The maximum absolute atomic E-state index is 12.7. The zero-order valence-electron chi connectivity index (χ0n) is 16.7. The molecule has 2 aromatic carbocycles. The Morgan fingerprint density at radius 2 is 1.84 bits per heavy atom. The van der Waals surface area contributed by atoms with Gasteiger partial charge in [0.15, 0.2) is 0 Å². The van der Waals surface area contributed by atoms with Crippen LogP contribution in [0.1, 0.15) is 58.5 Å². The van der Waals surface area contributed by atoms with Crippen LogP contribution in [0.2, 0.25) is 0 Å². The van der Waals surface area contributed by atoms with Crippen molar-refractivity contribution in [3.05, 3.63) is 63.6 Å². The van der Waals surface area contributed by atoms with Crippen molar-refractivity contribution < 1.29 is 27.9 Å². The summed E-state index contributed by atoms with van der Waals surface area (Å²) >= 11 is 3.29. The lowest BCUT2D eigenvalue weighted by atomic mass is 10.0. The summed E-state index contributed by atoms with van der Waals surface area (Å²) in [6, 6.07) is 10.7. The van der Waals surface area contributed by atoms with Crippen LogP contribution in [0.25, 0.3) is 0 Å². The number of nitrogens with one attached hydrogen (secondary N) is 1. The highest BCUT2D eigenvalue weighted by molar-refractivity contribution is 9.10. The number of carbonyl (C=O) groups is 3. The summed E-state index contributed by atoms with van der Waals surface area (Å²) in [7, 11) is 0. The Balaban J connectivity index is 1.57. The predicted octanol–water partition coefficient (Wildman–Crippen LogP) is 4.69. The lowest BCUT2D eigenvalue weighted by Gasteiger charge is -2.21. The van der Waals surface area contributed by atoms with E-state index in [1.54, 1.807) is 36.4 Å². The fourth-order valence-corrected chi connectivity index (χ4v) is 3.86. The minimum Gasteiger partial charge on any atom is -0.434 e. The minimum atomic E-state index is -2.96. The van der Waals surface area contributed by atoms with E-state index in [9.17, 15) is 23.2 Å². The van der Waals surface area contributed by atoms with Gasteiger partial charge < -0.3 is 10.1 Å². The maximum Gasteiger partial charge on any atom is 0.387 e. The molecule has 9 heteroatoms. The number of hydrogen-bond donors (Lipinski definition) is 1. The zero-order valence-corrected chi connectivity index (χ0v) is 18.3. The van der Waals surface area contributed by atoms with Crippen molar-refractivity contribution in [3.8, 4) is 5.75 Å². The second-order valence-electron chi connectivity index (χ2n) is 7.00. The molecule has 0 saturated carbocycles. The Bertz CT molecular complexity index is 999. The van der Waals surface area contributed by atoms with Crippen molar-refractivity contribution in [3.63, 3.8) is 0 Å². The summed E-state index contributed by atoms with van der Waals surface area (Å²) in [5, 5.41) is 2.81. The Hall–Kier alpha value is -2.81. The van der Waals surface area contributed by atoms with Crippen molar-refractivity contribution in [1.29, 1.82) is 0 Å². The normalized spacial score (nSPS) is 14.0. The van der Waals surface area contributed by atoms with Crippen molar-refractivity contribution in [2.45, 2.75) is 38.8 Å². The van der Waals surface area contributed by atoms with Gasteiger partial charge in [-0.1, -0.05) is 41.1 Å². The van der Waals surface area contributed by atoms with Gasteiger partial charge in [0.2, 0.25) is 5.91 Å². The number of nitrogens with zero attached hydrogens (tertiary/aromatic N) is 1. The van der Waals surface area contributed by atoms with Gasteiger partial charge in [0.1, 0.15) is 5.75 Å². The van der Waals surface area contributed by atoms with E-state index in [2.05, 4.69) is 26.0 Å². The van der Waals surface area contributed by atoms with E-state index >= 15 is 0 Å². The van der Waals surface area contributed by atoms with Crippen LogP contribution in [0.3, 0.4) is 0 Å². The molecular weight excluding hydrogens is 474 g/mol. The number of ether oxygens (including phenoxy) is 1. The Kier molecular flexibility index (Phi) is 7.37. The molecule has 1 atom stereocenters. The predicted molar refractivity (Wildman–Crippen MR) is 113 cm³/mol. The molecule has 0 bridgehead atoms. The smallest absolute Gasteiger partial charge is 0.387 e. The molecule has 0 radical (unpaired) electrons. The van der Waals surface area contributed by atoms with E-state index in [0.717, 1.165) is 4.90 Å². The molecule has 3 rings (SSSR count). The lowest BCUT2D eigenvalue weighted by molar-refractivity contribution is -0.122. The van der Waals surface area contributed by atoms with Gasteiger partial charge >= 0.3 is 6.61 Å². The van der Waals surface area contributed by atoms with Crippen LogP contribution in [0.5, 0.6) is 5.75 Å². The number of amides is 3. The molecule has 1 N–H and O–H groups in total. The van der Waals surface area contributed by atoms with E-state index < -0.39 is 12.7 Å². The SMILES string of the molecule is CCC(NC(=O)CCCN1C(=O)c2ccc(Br)cc2C1=O)c1ccccc1OC(F)F. The number of hydrogen-bond acceptors (Lipinski definition) is 4. The van der Waals surface area contributed by atoms with Crippen LogP contribution in [-0.2, 0) is 4.79 Å². The van der Waals surface area contributed by atoms with Gasteiger partial charge in [-0.15, -0.1) is 0 Å².